The molecule has 3 heterocycles. The third-order valence-corrected chi connectivity index (χ3v) is 4.75. The Morgan fingerprint density at radius 1 is 1.19 bits per heavy atom. The summed E-state index contributed by atoms with van der Waals surface area (Å²) in [6, 6.07) is 7.56. The fourth-order valence-corrected chi connectivity index (χ4v) is 3.32. The van der Waals surface area contributed by atoms with Gasteiger partial charge in [0.05, 0.1) is 11.0 Å². The van der Waals surface area contributed by atoms with Crippen molar-refractivity contribution in [2.75, 3.05) is 0 Å². The maximum absolute atomic E-state index is 13.4. The number of alkyl halides is 3. The molecule has 0 aliphatic carbocycles. The van der Waals surface area contributed by atoms with Crippen molar-refractivity contribution in [1.82, 2.24) is 29.4 Å². The Morgan fingerprint density at radius 2 is 2.00 bits per heavy atom. The molecule has 0 aliphatic heterocycles. The Kier molecular flexibility index (Phi) is 5.22. The van der Waals surface area contributed by atoms with Gasteiger partial charge < -0.3 is 9.88 Å². The monoisotopic (exact) mass is 428 g/mol. The van der Waals surface area contributed by atoms with Gasteiger partial charge in [-0.25, -0.2) is 15.0 Å². The van der Waals surface area contributed by atoms with E-state index in [1.165, 1.54) is 18.2 Å². The van der Waals surface area contributed by atoms with E-state index < -0.39 is 23.9 Å². The molecule has 31 heavy (non-hydrogen) atoms. The van der Waals surface area contributed by atoms with Gasteiger partial charge in [0, 0.05) is 36.7 Å². The highest BCUT2D eigenvalue weighted by Gasteiger charge is 2.38. The predicted molar refractivity (Wildman–Crippen MR) is 108 cm³/mol. The summed E-state index contributed by atoms with van der Waals surface area (Å²) < 4.78 is 43.0. The molecule has 0 aliphatic rings. The molecule has 0 saturated heterocycles. The van der Waals surface area contributed by atoms with E-state index >= 15 is 0 Å². The molecule has 0 saturated carbocycles. The van der Waals surface area contributed by atoms with E-state index in [0.717, 1.165) is 10.1 Å². The first-order chi connectivity index (χ1) is 14.7. The minimum atomic E-state index is -4.58. The summed E-state index contributed by atoms with van der Waals surface area (Å²) in [5, 5.41) is 2.75. The first-order valence-electron chi connectivity index (χ1n) is 9.54. The van der Waals surface area contributed by atoms with Crippen molar-refractivity contribution in [2.24, 2.45) is 0 Å². The molecule has 1 aromatic carbocycles. The van der Waals surface area contributed by atoms with Gasteiger partial charge in [-0.3, -0.25) is 9.36 Å². The lowest BCUT2D eigenvalue weighted by molar-refractivity contribution is -0.147. The summed E-state index contributed by atoms with van der Waals surface area (Å²) in [7, 11) is 0. The molecule has 3 aromatic heterocycles. The van der Waals surface area contributed by atoms with Crippen molar-refractivity contribution in [2.45, 2.75) is 32.6 Å². The average molecular weight is 428 g/mol. The minimum absolute atomic E-state index is 0.125. The summed E-state index contributed by atoms with van der Waals surface area (Å²) in [6.45, 7) is 3.54. The standard InChI is InChI=1S/C21H19F3N6O/c1-13(2)30-17-5-4-15(9-16(17)28-20(30)21(22,23)24)19(31)27-11-14-3-6-18(26-10-14)29-8-7-25-12-29/h3-10,12-13H,11H2,1-2H3,(H,27,31). The van der Waals surface area contributed by atoms with E-state index in [1.54, 1.807) is 49.4 Å². The van der Waals surface area contributed by atoms with Crippen molar-refractivity contribution in [3.8, 4) is 5.82 Å². The molecule has 0 spiro atoms. The predicted octanol–water partition coefficient (Wildman–Crippen LogP) is 4.15. The van der Waals surface area contributed by atoms with Gasteiger partial charge in [-0.15, -0.1) is 0 Å². The van der Waals surface area contributed by atoms with Crippen LogP contribution in [0.2, 0.25) is 0 Å². The Balaban J connectivity index is 1.51. The second kappa shape index (κ2) is 7.86. The van der Waals surface area contributed by atoms with Crippen molar-refractivity contribution < 1.29 is 18.0 Å². The molecule has 1 amide bonds. The summed E-state index contributed by atoms with van der Waals surface area (Å²) in [5.41, 5.74) is 1.47. The quantitative estimate of drug-likeness (QED) is 0.518. The number of nitrogens with zero attached hydrogens (tertiary/aromatic N) is 5. The lowest BCUT2D eigenvalue weighted by Crippen LogP contribution is -2.22. The van der Waals surface area contributed by atoms with Crippen molar-refractivity contribution in [3.63, 3.8) is 0 Å². The molecular formula is C21H19F3N6O. The molecule has 0 unspecified atom stereocenters. The van der Waals surface area contributed by atoms with Crippen LogP contribution in [0, 0.1) is 0 Å². The number of benzene rings is 1. The highest BCUT2D eigenvalue weighted by Crippen LogP contribution is 2.33. The fraction of sp³-hybridized carbons (Fsp3) is 0.238. The van der Waals surface area contributed by atoms with Crippen LogP contribution >= 0.6 is 0 Å². The number of pyridine rings is 1. The number of hydrogen-bond acceptors (Lipinski definition) is 4. The molecule has 10 heteroatoms. The van der Waals surface area contributed by atoms with Crippen molar-refractivity contribution in [3.05, 3.63) is 72.2 Å². The van der Waals surface area contributed by atoms with Crippen LogP contribution in [0.4, 0.5) is 13.2 Å². The largest absolute Gasteiger partial charge is 0.449 e. The molecular weight excluding hydrogens is 409 g/mol. The summed E-state index contributed by atoms with van der Waals surface area (Å²) in [6.07, 6.45) is 2.10. The first kappa shape index (κ1) is 20.6. The number of rotatable bonds is 5. The number of halogens is 3. The molecule has 4 aromatic rings. The molecule has 0 bridgehead atoms. The third kappa shape index (κ3) is 4.14. The number of fused-ring (bicyclic) bond motifs is 1. The zero-order valence-electron chi connectivity index (χ0n) is 16.8. The second-order valence-electron chi connectivity index (χ2n) is 7.28. The highest BCUT2D eigenvalue weighted by atomic mass is 19.4. The zero-order valence-corrected chi connectivity index (χ0v) is 16.8. The van der Waals surface area contributed by atoms with Gasteiger partial charge in [0.15, 0.2) is 0 Å². The maximum atomic E-state index is 13.4. The van der Waals surface area contributed by atoms with Crippen molar-refractivity contribution >= 4 is 16.9 Å². The van der Waals surface area contributed by atoms with Crippen molar-refractivity contribution in [1.29, 1.82) is 0 Å². The van der Waals surface area contributed by atoms with Crippen LogP contribution in [-0.2, 0) is 12.7 Å². The van der Waals surface area contributed by atoms with Gasteiger partial charge in [0.2, 0.25) is 5.82 Å². The van der Waals surface area contributed by atoms with Gasteiger partial charge in [0.25, 0.3) is 5.91 Å². The van der Waals surface area contributed by atoms with Crippen LogP contribution < -0.4 is 5.32 Å². The van der Waals surface area contributed by atoms with Gasteiger partial charge >= 0.3 is 6.18 Å². The fourth-order valence-electron chi connectivity index (χ4n) is 3.32. The van der Waals surface area contributed by atoms with E-state index in [9.17, 15) is 18.0 Å². The van der Waals surface area contributed by atoms with Crippen LogP contribution in [0.25, 0.3) is 16.9 Å². The molecule has 7 nitrogen and oxygen atoms in total. The highest BCUT2D eigenvalue weighted by molar-refractivity contribution is 5.97. The number of amides is 1. The van der Waals surface area contributed by atoms with E-state index in [4.69, 9.17) is 0 Å². The number of hydrogen-bond donors (Lipinski definition) is 1. The summed E-state index contributed by atoms with van der Waals surface area (Å²) in [4.78, 5) is 24.6. The van der Waals surface area contributed by atoms with Gasteiger partial charge in [-0.05, 0) is 43.7 Å². The Morgan fingerprint density at radius 3 is 2.61 bits per heavy atom. The van der Waals surface area contributed by atoms with Crippen LogP contribution in [-0.4, -0.2) is 30.0 Å². The number of carbonyl (C=O) groups excluding carboxylic acids is 1. The maximum Gasteiger partial charge on any atom is 0.449 e. The zero-order chi connectivity index (χ0) is 22.2. The molecule has 1 N–H and O–H groups in total. The summed E-state index contributed by atoms with van der Waals surface area (Å²) in [5.74, 6) is -0.688. The minimum Gasteiger partial charge on any atom is -0.348 e. The number of aromatic nitrogens is 5. The second-order valence-corrected chi connectivity index (χ2v) is 7.28. The van der Waals surface area contributed by atoms with Crippen LogP contribution in [0.5, 0.6) is 0 Å². The molecule has 4 rings (SSSR count). The Labute approximate surface area is 175 Å². The van der Waals surface area contributed by atoms with E-state index in [1.807, 2.05) is 6.07 Å². The first-order valence-corrected chi connectivity index (χ1v) is 9.54. The Hall–Kier alpha value is -3.69. The smallest absolute Gasteiger partial charge is 0.348 e. The number of carbonyl (C=O) groups is 1. The average Bonchev–Trinajstić information content (AvgIpc) is 3.39. The normalized spacial score (nSPS) is 11.9. The molecule has 0 fully saturated rings. The van der Waals surface area contributed by atoms with E-state index in [0.29, 0.717) is 11.3 Å². The van der Waals surface area contributed by atoms with Crippen LogP contribution in [0.1, 0.15) is 41.6 Å². The summed E-state index contributed by atoms with van der Waals surface area (Å²) >= 11 is 0. The lowest BCUT2D eigenvalue weighted by atomic mass is 10.1. The number of nitrogens with one attached hydrogen (secondary N) is 1. The molecule has 160 valence electrons. The SMILES string of the molecule is CC(C)n1c(C(F)(F)F)nc2cc(C(=O)NCc3ccc(-n4ccnc4)nc3)ccc21. The Bertz CT molecular complexity index is 1210. The van der Waals surface area contributed by atoms with Gasteiger partial charge in [-0.2, -0.15) is 13.2 Å². The third-order valence-electron chi connectivity index (χ3n) is 4.75. The topological polar surface area (TPSA) is 77.6 Å². The lowest BCUT2D eigenvalue weighted by Gasteiger charge is -2.14. The van der Waals surface area contributed by atoms with Gasteiger partial charge in [0.1, 0.15) is 12.1 Å². The van der Waals surface area contributed by atoms with Gasteiger partial charge in [-0.1, -0.05) is 6.07 Å². The molecule has 0 atom stereocenters. The van der Waals surface area contributed by atoms with E-state index in [2.05, 4.69) is 20.3 Å². The number of imidazole rings is 2. The van der Waals surface area contributed by atoms with E-state index in [-0.39, 0.29) is 17.6 Å². The molecule has 0 radical (unpaired) electrons. The van der Waals surface area contributed by atoms with Crippen LogP contribution in [0.3, 0.4) is 0 Å². The van der Waals surface area contributed by atoms with Crippen LogP contribution in [0.15, 0.2) is 55.2 Å².